The molecule has 6 N–H and O–H groups in total. The molecule has 0 aromatic heterocycles. The summed E-state index contributed by atoms with van der Waals surface area (Å²) in [7, 11) is -5.12. The molecule has 0 aromatic carbocycles. The van der Waals surface area contributed by atoms with Crippen LogP contribution in [-0.4, -0.2) is 98.3 Å². The van der Waals surface area contributed by atoms with Gasteiger partial charge in [-0.05, 0) is 44.9 Å². The molecule has 400 valence electrons. The summed E-state index contributed by atoms with van der Waals surface area (Å²) in [4.78, 5) is 35.9. The second-order valence-electron chi connectivity index (χ2n) is 19.4. The van der Waals surface area contributed by atoms with E-state index in [1.807, 2.05) is 0 Å². The zero-order valence-corrected chi connectivity index (χ0v) is 43.8. The monoisotopic (exact) mass is 989 g/mol. The first kappa shape index (κ1) is 64.3. The third-order valence-corrected chi connectivity index (χ3v) is 14.0. The highest BCUT2D eigenvalue weighted by Gasteiger charge is 2.51. The van der Waals surface area contributed by atoms with Gasteiger partial charge < -0.3 is 39.9 Å². The van der Waals surface area contributed by atoms with Gasteiger partial charge in [0.1, 0.15) is 43.2 Å². The number of hydrogen-bond acceptors (Lipinski definition) is 12. The van der Waals surface area contributed by atoms with Crippen molar-refractivity contribution in [2.24, 2.45) is 0 Å². The molecule has 0 aromatic rings. The van der Waals surface area contributed by atoms with Gasteiger partial charge in [0.2, 0.25) is 0 Å². The second-order valence-corrected chi connectivity index (χ2v) is 20.9. The van der Waals surface area contributed by atoms with E-state index < -0.39 is 75.7 Å². The van der Waals surface area contributed by atoms with Crippen LogP contribution < -0.4 is 0 Å². The number of rotatable bonds is 47. The van der Waals surface area contributed by atoms with Crippen molar-refractivity contribution in [1.29, 1.82) is 0 Å². The van der Waals surface area contributed by atoms with Crippen LogP contribution in [0.4, 0.5) is 0 Å². The number of aliphatic hydroxyl groups is 5. The van der Waals surface area contributed by atoms with Crippen LogP contribution in [0.1, 0.15) is 251 Å². The maximum absolute atomic E-state index is 12.9. The number of ether oxygens (including phenoxy) is 2. The lowest BCUT2D eigenvalue weighted by Gasteiger charge is -2.41. The number of unbranched alkanes of at least 4 members (excludes halogenated alkanes) is 31. The third-order valence-electron chi connectivity index (χ3n) is 13.0. The van der Waals surface area contributed by atoms with Gasteiger partial charge in [0.25, 0.3) is 0 Å². The van der Waals surface area contributed by atoms with Crippen LogP contribution in [0.2, 0.25) is 0 Å². The minimum absolute atomic E-state index is 0.0909. The Morgan fingerprint density at radius 2 is 0.794 bits per heavy atom. The molecular formula is C54H101O13P. The number of carbonyl (C=O) groups is 2. The van der Waals surface area contributed by atoms with Gasteiger partial charge in [-0.2, -0.15) is 0 Å². The van der Waals surface area contributed by atoms with E-state index in [9.17, 15) is 44.6 Å². The Balaban J connectivity index is 2.34. The van der Waals surface area contributed by atoms with Gasteiger partial charge in [-0.1, -0.05) is 218 Å². The zero-order valence-electron chi connectivity index (χ0n) is 42.9. The number of esters is 2. The molecule has 1 rings (SSSR count). The molecule has 0 radical (unpaired) electrons. The number of aliphatic hydroxyl groups excluding tert-OH is 5. The molecule has 68 heavy (non-hydrogen) atoms. The molecule has 1 saturated carbocycles. The standard InChI is InChI=1S/C54H101O13P/c1-3-5-7-9-11-13-15-17-19-21-22-23-24-25-27-28-30-32-34-36-38-40-42-47(55)64-44-46(45-65-68(62,63)67-54-52(60)50(58)49(57)51(59)53(54)61)66-48(56)43-41-39-37-35-33-31-29-26-20-18-16-14-12-10-8-6-4-2/h12,14,18,20,46,49-54,57-61H,3-11,13,15-17,19,21-45H2,1-2H3,(H,62,63)/b14-12-,20-18-. The topological polar surface area (TPSA) is 210 Å². The Bertz CT molecular complexity index is 1280. The first-order chi connectivity index (χ1) is 32.9. The van der Waals surface area contributed by atoms with Gasteiger partial charge >= 0.3 is 19.8 Å². The van der Waals surface area contributed by atoms with Crippen LogP contribution in [0.15, 0.2) is 24.3 Å². The summed E-state index contributed by atoms with van der Waals surface area (Å²) in [6.45, 7) is 3.32. The fourth-order valence-electron chi connectivity index (χ4n) is 8.61. The van der Waals surface area contributed by atoms with E-state index in [-0.39, 0.29) is 12.8 Å². The number of allylic oxidation sites excluding steroid dienone is 4. The van der Waals surface area contributed by atoms with Crippen LogP contribution >= 0.6 is 7.82 Å². The van der Waals surface area contributed by atoms with Gasteiger partial charge in [0.05, 0.1) is 6.61 Å². The summed E-state index contributed by atoms with van der Waals surface area (Å²) in [6, 6.07) is 0. The molecule has 6 unspecified atom stereocenters. The van der Waals surface area contributed by atoms with E-state index in [0.717, 1.165) is 77.0 Å². The predicted molar refractivity (Wildman–Crippen MR) is 272 cm³/mol. The Kier molecular flexibility index (Phi) is 41.7. The van der Waals surface area contributed by atoms with Crippen molar-refractivity contribution >= 4 is 19.8 Å². The van der Waals surface area contributed by atoms with Crippen LogP contribution in [-0.2, 0) is 32.7 Å². The van der Waals surface area contributed by atoms with E-state index in [0.29, 0.717) is 12.8 Å². The summed E-state index contributed by atoms with van der Waals surface area (Å²) in [6.07, 6.45) is 38.0. The summed E-state index contributed by atoms with van der Waals surface area (Å²) in [5.41, 5.74) is 0. The molecule has 13 nitrogen and oxygen atoms in total. The predicted octanol–water partition coefficient (Wildman–Crippen LogP) is 12.3. The Morgan fingerprint density at radius 1 is 0.456 bits per heavy atom. The van der Waals surface area contributed by atoms with E-state index in [1.165, 1.54) is 135 Å². The minimum atomic E-state index is -5.12. The lowest BCUT2D eigenvalue weighted by Crippen LogP contribution is -2.64. The molecule has 0 amide bonds. The molecule has 14 heteroatoms. The number of hydrogen-bond donors (Lipinski definition) is 6. The molecule has 1 aliphatic carbocycles. The molecule has 6 atom stereocenters. The average Bonchev–Trinajstić information content (AvgIpc) is 3.32. The Hall–Kier alpha value is -1.67. The van der Waals surface area contributed by atoms with Crippen LogP contribution in [0.25, 0.3) is 0 Å². The van der Waals surface area contributed by atoms with E-state index in [1.54, 1.807) is 0 Å². The van der Waals surface area contributed by atoms with Crippen LogP contribution in [0.5, 0.6) is 0 Å². The van der Waals surface area contributed by atoms with Gasteiger partial charge in [-0.25, -0.2) is 4.57 Å². The van der Waals surface area contributed by atoms with Crippen molar-refractivity contribution in [2.75, 3.05) is 13.2 Å². The first-order valence-electron chi connectivity index (χ1n) is 27.6. The smallest absolute Gasteiger partial charge is 0.462 e. The second kappa shape index (κ2) is 44.1. The van der Waals surface area contributed by atoms with Gasteiger partial charge in [0, 0.05) is 12.8 Å². The number of carbonyl (C=O) groups excluding carboxylic acids is 2. The van der Waals surface area contributed by atoms with E-state index >= 15 is 0 Å². The number of phosphoric ester groups is 1. The lowest BCUT2D eigenvalue weighted by molar-refractivity contribution is -0.220. The molecule has 0 aliphatic heterocycles. The molecular weight excluding hydrogens is 888 g/mol. The van der Waals surface area contributed by atoms with Crippen LogP contribution in [0, 0.1) is 0 Å². The van der Waals surface area contributed by atoms with E-state index in [2.05, 4.69) is 38.2 Å². The highest BCUT2D eigenvalue weighted by molar-refractivity contribution is 7.47. The van der Waals surface area contributed by atoms with Crippen molar-refractivity contribution in [1.82, 2.24) is 0 Å². The van der Waals surface area contributed by atoms with Crippen LogP contribution in [0.3, 0.4) is 0 Å². The molecule has 0 bridgehead atoms. The summed E-state index contributed by atoms with van der Waals surface area (Å²) < 4.78 is 33.7. The minimum Gasteiger partial charge on any atom is -0.462 e. The van der Waals surface area contributed by atoms with Crippen molar-refractivity contribution in [3.8, 4) is 0 Å². The molecule has 0 spiro atoms. The molecule has 0 saturated heterocycles. The average molecular weight is 989 g/mol. The summed E-state index contributed by atoms with van der Waals surface area (Å²) >= 11 is 0. The van der Waals surface area contributed by atoms with Crippen molar-refractivity contribution in [3.05, 3.63) is 24.3 Å². The van der Waals surface area contributed by atoms with Gasteiger partial charge in [0.15, 0.2) is 6.10 Å². The largest absolute Gasteiger partial charge is 0.472 e. The highest BCUT2D eigenvalue weighted by Crippen LogP contribution is 2.47. The lowest BCUT2D eigenvalue weighted by atomic mass is 9.85. The summed E-state index contributed by atoms with van der Waals surface area (Å²) in [5.74, 6) is -1.09. The maximum atomic E-state index is 12.9. The fraction of sp³-hybridized carbons (Fsp3) is 0.889. The van der Waals surface area contributed by atoms with Gasteiger partial charge in [-0.15, -0.1) is 0 Å². The molecule has 1 aliphatic rings. The third kappa shape index (κ3) is 35.4. The fourth-order valence-corrected chi connectivity index (χ4v) is 9.59. The zero-order chi connectivity index (χ0) is 49.9. The normalized spacial score (nSPS) is 21.1. The van der Waals surface area contributed by atoms with Crippen molar-refractivity contribution in [2.45, 2.75) is 294 Å². The Morgan fingerprint density at radius 3 is 1.22 bits per heavy atom. The quantitative estimate of drug-likeness (QED) is 0.0145. The van der Waals surface area contributed by atoms with Crippen molar-refractivity contribution < 1.29 is 63.1 Å². The molecule has 0 heterocycles. The van der Waals surface area contributed by atoms with Gasteiger partial charge in [-0.3, -0.25) is 18.6 Å². The highest BCUT2D eigenvalue weighted by atomic mass is 31.2. The SMILES string of the molecule is CCCCC/C=C\C/C=C\CCCCCCCCCC(=O)OC(COC(=O)CCCCCCCCCCCCCCCCCCCCCCCC)COP(=O)(O)OC1C(O)C(O)C(O)C(O)C1O. The maximum Gasteiger partial charge on any atom is 0.472 e. The number of phosphoric acid groups is 1. The van der Waals surface area contributed by atoms with E-state index in [4.69, 9.17) is 18.5 Å². The summed E-state index contributed by atoms with van der Waals surface area (Å²) in [5, 5.41) is 50.3. The van der Waals surface area contributed by atoms with Crippen molar-refractivity contribution in [3.63, 3.8) is 0 Å². The molecule has 1 fully saturated rings. The Labute approximate surface area is 413 Å². The first-order valence-corrected chi connectivity index (χ1v) is 29.1.